The molecule has 0 bridgehead atoms. The fourth-order valence-electron chi connectivity index (χ4n) is 2.42. The summed E-state index contributed by atoms with van der Waals surface area (Å²) in [7, 11) is -2.66. The SMILES string of the molecule is CC(=O)c1ccc(S(=O)(=O)N(C)CC(=O)NC(C)C(=O)NCc2ccco2)cc1. The van der Waals surface area contributed by atoms with Gasteiger partial charge in [0.15, 0.2) is 5.78 Å². The highest BCUT2D eigenvalue weighted by atomic mass is 32.2. The molecule has 0 aliphatic rings. The van der Waals surface area contributed by atoms with E-state index in [1.807, 2.05) is 0 Å². The van der Waals surface area contributed by atoms with Gasteiger partial charge in [-0.25, -0.2) is 8.42 Å². The summed E-state index contributed by atoms with van der Waals surface area (Å²) in [5, 5.41) is 5.06. The van der Waals surface area contributed by atoms with E-state index in [-0.39, 0.29) is 17.2 Å². The van der Waals surface area contributed by atoms with E-state index in [1.165, 1.54) is 51.4 Å². The van der Waals surface area contributed by atoms with Gasteiger partial charge in [-0.05, 0) is 38.1 Å². The van der Waals surface area contributed by atoms with Gasteiger partial charge in [-0.3, -0.25) is 14.4 Å². The molecule has 0 saturated heterocycles. The predicted molar refractivity (Wildman–Crippen MR) is 104 cm³/mol. The van der Waals surface area contributed by atoms with Crippen molar-refractivity contribution in [3.05, 3.63) is 54.0 Å². The number of amides is 2. The first-order chi connectivity index (χ1) is 13.6. The maximum atomic E-state index is 12.6. The second-order valence-electron chi connectivity index (χ2n) is 6.43. The van der Waals surface area contributed by atoms with Gasteiger partial charge in [-0.1, -0.05) is 12.1 Å². The molecular weight excluding hydrogens is 398 g/mol. The van der Waals surface area contributed by atoms with Gasteiger partial charge in [0.05, 0.1) is 24.2 Å². The third kappa shape index (κ3) is 6.00. The van der Waals surface area contributed by atoms with Gasteiger partial charge in [0, 0.05) is 12.6 Å². The molecule has 0 fully saturated rings. The van der Waals surface area contributed by atoms with Crippen LogP contribution in [-0.2, 0) is 26.2 Å². The molecule has 0 aliphatic carbocycles. The fraction of sp³-hybridized carbons (Fsp3) is 0.316. The van der Waals surface area contributed by atoms with Gasteiger partial charge in [0.25, 0.3) is 0 Å². The molecule has 0 aliphatic heterocycles. The highest BCUT2D eigenvalue weighted by Crippen LogP contribution is 2.15. The molecule has 1 heterocycles. The lowest BCUT2D eigenvalue weighted by molar-refractivity contribution is -0.128. The van der Waals surface area contributed by atoms with Crippen LogP contribution >= 0.6 is 0 Å². The lowest BCUT2D eigenvalue weighted by atomic mass is 10.2. The molecule has 2 amide bonds. The molecule has 0 saturated carbocycles. The first-order valence-electron chi connectivity index (χ1n) is 8.78. The molecule has 29 heavy (non-hydrogen) atoms. The van der Waals surface area contributed by atoms with Crippen LogP contribution in [0.25, 0.3) is 0 Å². The van der Waals surface area contributed by atoms with E-state index in [2.05, 4.69) is 10.6 Å². The van der Waals surface area contributed by atoms with Crippen LogP contribution in [0.1, 0.15) is 30.0 Å². The van der Waals surface area contributed by atoms with Crippen LogP contribution in [0.5, 0.6) is 0 Å². The number of benzene rings is 1. The molecule has 2 rings (SSSR count). The zero-order valence-electron chi connectivity index (χ0n) is 16.3. The van der Waals surface area contributed by atoms with Crippen LogP contribution in [0.4, 0.5) is 0 Å². The summed E-state index contributed by atoms with van der Waals surface area (Å²) in [6.45, 7) is 2.58. The lowest BCUT2D eigenvalue weighted by Gasteiger charge is -2.19. The number of carbonyl (C=O) groups excluding carboxylic acids is 3. The number of furan rings is 1. The molecule has 10 heteroatoms. The van der Waals surface area contributed by atoms with Crippen LogP contribution in [0, 0.1) is 0 Å². The van der Waals surface area contributed by atoms with Crippen LogP contribution in [0.3, 0.4) is 0 Å². The summed E-state index contributed by atoms with van der Waals surface area (Å²) in [4.78, 5) is 35.5. The highest BCUT2D eigenvalue weighted by molar-refractivity contribution is 7.89. The van der Waals surface area contributed by atoms with Gasteiger partial charge in [-0.15, -0.1) is 0 Å². The Kier molecular flexibility index (Phi) is 7.29. The molecule has 1 aromatic carbocycles. The third-order valence-electron chi connectivity index (χ3n) is 4.12. The first kappa shape index (κ1) is 22.3. The Labute approximate surface area is 169 Å². The Bertz CT molecular complexity index is 968. The molecule has 0 spiro atoms. The average molecular weight is 421 g/mol. The number of hydrogen-bond acceptors (Lipinski definition) is 6. The standard InChI is InChI=1S/C19H23N3O6S/c1-13(19(25)20-11-16-5-4-10-28-16)21-18(24)12-22(3)29(26,27)17-8-6-15(7-9-17)14(2)23/h4-10,13H,11-12H2,1-3H3,(H,20,25)(H,21,24). The quantitative estimate of drug-likeness (QED) is 0.580. The maximum absolute atomic E-state index is 12.6. The number of hydrogen-bond donors (Lipinski definition) is 2. The Morgan fingerprint density at radius 2 is 1.79 bits per heavy atom. The smallest absolute Gasteiger partial charge is 0.243 e. The summed E-state index contributed by atoms with van der Waals surface area (Å²) in [6.07, 6.45) is 1.48. The summed E-state index contributed by atoms with van der Waals surface area (Å²) >= 11 is 0. The van der Waals surface area contributed by atoms with E-state index in [0.717, 1.165) is 4.31 Å². The van der Waals surface area contributed by atoms with Gasteiger partial charge >= 0.3 is 0 Å². The average Bonchev–Trinajstić information content (AvgIpc) is 3.19. The molecule has 1 unspecified atom stereocenters. The number of Topliss-reactive ketones (excluding diaryl/α,β-unsaturated/α-hetero) is 1. The van der Waals surface area contributed by atoms with E-state index in [4.69, 9.17) is 4.42 Å². The number of rotatable bonds is 9. The monoisotopic (exact) mass is 421 g/mol. The Balaban J connectivity index is 1.91. The van der Waals surface area contributed by atoms with Crippen molar-refractivity contribution in [3.8, 4) is 0 Å². The molecule has 9 nitrogen and oxygen atoms in total. The van der Waals surface area contributed by atoms with E-state index in [0.29, 0.717) is 11.3 Å². The Morgan fingerprint density at radius 1 is 1.14 bits per heavy atom. The molecule has 156 valence electrons. The zero-order valence-corrected chi connectivity index (χ0v) is 17.2. The van der Waals surface area contributed by atoms with E-state index < -0.39 is 34.4 Å². The Hall–Kier alpha value is -2.98. The van der Waals surface area contributed by atoms with Crippen molar-refractivity contribution in [2.24, 2.45) is 0 Å². The second kappa shape index (κ2) is 9.48. The van der Waals surface area contributed by atoms with Gasteiger partial charge in [-0.2, -0.15) is 4.31 Å². The summed E-state index contributed by atoms with van der Waals surface area (Å²) < 4.78 is 31.1. The van der Waals surface area contributed by atoms with E-state index in [1.54, 1.807) is 12.1 Å². The van der Waals surface area contributed by atoms with E-state index >= 15 is 0 Å². The number of carbonyl (C=O) groups is 3. The van der Waals surface area contributed by atoms with Gasteiger partial charge in [0.2, 0.25) is 21.8 Å². The van der Waals surface area contributed by atoms with Crippen molar-refractivity contribution in [2.45, 2.75) is 31.3 Å². The molecule has 1 aromatic heterocycles. The normalized spacial score (nSPS) is 12.4. The highest BCUT2D eigenvalue weighted by Gasteiger charge is 2.24. The number of sulfonamides is 1. The number of nitrogens with one attached hydrogen (secondary N) is 2. The Morgan fingerprint density at radius 3 is 2.34 bits per heavy atom. The van der Waals surface area contributed by atoms with Crippen LogP contribution in [-0.4, -0.2) is 50.0 Å². The van der Waals surface area contributed by atoms with Crippen molar-refractivity contribution in [1.82, 2.24) is 14.9 Å². The minimum atomic E-state index is -3.92. The molecule has 2 N–H and O–H groups in total. The first-order valence-corrected chi connectivity index (χ1v) is 10.2. The van der Waals surface area contributed by atoms with Crippen molar-refractivity contribution in [1.29, 1.82) is 0 Å². The molecule has 0 radical (unpaired) electrons. The van der Waals surface area contributed by atoms with Crippen LogP contribution in [0.15, 0.2) is 52.0 Å². The van der Waals surface area contributed by atoms with Crippen molar-refractivity contribution in [3.63, 3.8) is 0 Å². The van der Waals surface area contributed by atoms with Gasteiger partial charge < -0.3 is 15.1 Å². The topological polar surface area (TPSA) is 126 Å². The zero-order chi connectivity index (χ0) is 21.6. The summed E-state index contributed by atoms with van der Waals surface area (Å²) in [6, 6.07) is 7.98. The van der Waals surface area contributed by atoms with Crippen LogP contribution in [0.2, 0.25) is 0 Å². The molecule has 2 aromatic rings. The van der Waals surface area contributed by atoms with Crippen molar-refractivity contribution >= 4 is 27.6 Å². The fourth-order valence-corrected chi connectivity index (χ4v) is 3.55. The van der Waals surface area contributed by atoms with Crippen molar-refractivity contribution in [2.75, 3.05) is 13.6 Å². The van der Waals surface area contributed by atoms with Crippen molar-refractivity contribution < 1.29 is 27.2 Å². The second-order valence-corrected chi connectivity index (χ2v) is 8.47. The molecule has 1 atom stereocenters. The number of nitrogens with zero attached hydrogens (tertiary/aromatic N) is 1. The molecular formula is C19H23N3O6S. The lowest BCUT2D eigenvalue weighted by Crippen LogP contribution is -2.48. The number of ketones is 1. The maximum Gasteiger partial charge on any atom is 0.243 e. The number of likely N-dealkylation sites (N-methyl/N-ethyl adjacent to an activating group) is 1. The predicted octanol–water partition coefficient (Wildman–Crippen LogP) is 0.924. The summed E-state index contributed by atoms with van der Waals surface area (Å²) in [5.41, 5.74) is 0.388. The minimum absolute atomic E-state index is 0.0398. The third-order valence-corrected chi connectivity index (χ3v) is 5.94. The minimum Gasteiger partial charge on any atom is -0.467 e. The van der Waals surface area contributed by atoms with E-state index in [9.17, 15) is 22.8 Å². The van der Waals surface area contributed by atoms with Gasteiger partial charge in [0.1, 0.15) is 11.8 Å². The van der Waals surface area contributed by atoms with Crippen LogP contribution < -0.4 is 10.6 Å². The largest absolute Gasteiger partial charge is 0.467 e. The summed E-state index contributed by atoms with van der Waals surface area (Å²) in [5.74, 6) is -0.670.